The van der Waals surface area contributed by atoms with Crippen LogP contribution in [-0.2, 0) is 13.1 Å². The van der Waals surface area contributed by atoms with Gasteiger partial charge in [0.2, 0.25) is 0 Å². The van der Waals surface area contributed by atoms with Crippen molar-refractivity contribution in [3.05, 3.63) is 64.2 Å². The molecule has 0 aliphatic carbocycles. The second kappa shape index (κ2) is 6.95. The van der Waals surface area contributed by atoms with Crippen molar-refractivity contribution in [3.63, 3.8) is 0 Å². The van der Waals surface area contributed by atoms with Crippen molar-refractivity contribution < 1.29 is 4.74 Å². The summed E-state index contributed by atoms with van der Waals surface area (Å²) >= 11 is 5.94. The van der Waals surface area contributed by atoms with Crippen LogP contribution in [0.2, 0.25) is 5.02 Å². The first-order chi connectivity index (χ1) is 9.72. The third-order valence-electron chi connectivity index (χ3n) is 2.93. The van der Waals surface area contributed by atoms with E-state index >= 15 is 0 Å². The smallest absolute Gasteiger partial charge is 0.136 e. The fourth-order valence-electron chi connectivity index (χ4n) is 1.95. The minimum Gasteiger partial charge on any atom is -0.495 e. The molecule has 0 amide bonds. The van der Waals surface area contributed by atoms with Crippen LogP contribution >= 0.6 is 11.6 Å². The van der Waals surface area contributed by atoms with E-state index in [-0.39, 0.29) is 0 Å². The Morgan fingerprint density at radius 1 is 1.15 bits per heavy atom. The van der Waals surface area contributed by atoms with Gasteiger partial charge >= 0.3 is 0 Å². The maximum Gasteiger partial charge on any atom is 0.136 e. The molecular formula is C16H15ClN2O. The van der Waals surface area contributed by atoms with Gasteiger partial charge in [-0.1, -0.05) is 29.8 Å². The van der Waals surface area contributed by atoms with Gasteiger partial charge in [-0.2, -0.15) is 5.26 Å². The van der Waals surface area contributed by atoms with Gasteiger partial charge in [-0.3, -0.25) is 0 Å². The molecule has 0 radical (unpaired) electrons. The Kier molecular flexibility index (Phi) is 5.00. The number of ether oxygens (including phenoxy) is 1. The molecular weight excluding hydrogens is 272 g/mol. The fraction of sp³-hybridized carbons (Fsp3) is 0.188. The summed E-state index contributed by atoms with van der Waals surface area (Å²) in [6, 6.07) is 15.5. The molecule has 4 heteroatoms. The van der Waals surface area contributed by atoms with Crippen molar-refractivity contribution in [2.45, 2.75) is 13.1 Å². The van der Waals surface area contributed by atoms with Crippen LogP contribution in [0, 0.1) is 11.3 Å². The van der Waals surface area contributed by atoms with E-state index in [1.165, 1.54) is 0 Å². The highest BCUT2D eigenvalue weighted by Gasteiger charge is 2.03. The van der Waals surface area contributed by atoms with E-state index in [1.807, 2.05) is 42.5 Å². The molecule has 0 atom stereocenters. The van der Waals surface area contributed by atoms with E-state index in [0.29, 0.717) is 17.9 Å². The molecule has 0 spiro atoms. The number of nitriles is 1. The SMILES string of the molecule is COc1ccc(CNCc2cccc(Cl)c2)cc1C#N. The Morgan fingerprint density at radius 2 is 1.90 bits per heavy atom. The molecule has 0 aliphatic heterocycles. The van der Waals surface area contributed by atoms with Crippen LogP contribution in [-0.4, -0.2) is 7.11 Å². The predicted molar refractivity (Wildman–Crippen MR) is 79.7 cm³/mol. The molecule has 2 rings (SSSR count). The molecule has 3 nitrogen and oxygen atoms in total. The Labute approximate surface area is 123 Å². The van der Waals surface area contributed by atoms with Crippen molar-refractivity contribution in [3.8, 4) is 11.8 Å². The summed E-state index contributed by atoms with van der Waals surface area (Å²) in [4.78, 5) is 0. The first-order valence-corrected chi connectivity index (χ1v) is 6.63. The largest absolute Gasteiger partial charge is 0.495 e. The maximum atomic E-state index is 9.04. The average Bonchev–Trinajstić information content (AvgIpc) is 2.47. The highest BCUT2D eigenvalue weighted by molar-refractivity contribution is 6.30. The second-order valence-corrected chi connectivity index (χ2v) is 4.82. The molecule has 0 aliphatic rings. The minimum absolute atomic E-state index is 0.551. The molecule has 0 saturated heterocycles. The predicted octanol–water partition coefficient (Wildman–Crippen LogP) is 3.51. The van der Waals surface area contributed by atoms with Crippen LogP contribution in [0.25, 0.3) is 0 Å². The van der Waals surface area contributed by atoms with E-state index in [0.717, 1.165) is 22.7 Å². The molecule has 2 aromatic carbocycles. The van der Waals surface area contributed by atoms with Crippen molar-refractivity contribution in [1.82, 2.24) is 5.32 Å². The van der Waals surface area contributed by atoms with Crippen LogP contribution in [0.3, 0.4) is 0 Å². The summed E-state index contributed by atoms with van der Waals surface area (Å²) in [6.07, 6.45) is 0. The van der Waals surface area contributed by atoms with Crippen LogP contribution in [0.4, 0.5) is 0 Å². The van der Waals surface area contributed by atoms with Gasteiger partial charge in [-0.15, -0.1) is 0 Å². The Morgan fingerprint density at radius 3 is 2.55 bits per heavy atom. The number of nitrogens with one attached hydrogen (secondary N) is 1. The van der Waals surface area contributed by atoms with Crippen LogP contribution in [0.1, 0.15) is 16.7 Å². The lowest BCUT2D eigenvalue weighted by molar-refractivity contribution is 0.413. The highest BCUT2D eigenvalue weighted by Crippen LogP contribution is 2.18. The molecule has 1 N–H and O–H groups in total. The standard InChI is InChI=1S/C16H15ClN2O/c1-20-16-6-5-13(7-14(16)9-18)11-19-10-12-3-2-4-15(17)8-12/h2-8,19H,10-11H2,1H3. The number of nitrogens with zero attached hydrogens (tertiary/aromatic N) is 1. The fourth-order valence-corrected chi connectivity index (χ4v) is 2.16. The number of halogens is 1. The van der Waals surface area contributed by atoms with E-state index in [2.05, 4.69) is 11.4 Å². The summed E-state index contributed by atoms with van der Waals surface area (Å²) in [6.45, 7) is 1.42. The summed E-state index contributed by atoms with van der Waals surface area (Å²) < 4.78 is 5.12. The number of methoxy groups -OCH3 is 1. The molecule has 0 fully saturated rings. The Hall–Kier alpha value is -2.02. The summed E-state index contributed by atoms with van der Waals surface area (Å²) in [5.74, 6) is 0.603. The normalized spacial score (nSPS) is 10.1. The molecule has 0 saturated carbocycles. The van der Waals surface area contributed by atoms with Crippen LogP contribution in [0.5, 0.6) is 5.75 Å². The van der Waals surface area contributed by atoms with E-state index in [1.54, 1.807) is 7.11 Å². The number of benzene rings is 2. The molecule has 0 bridgehead atoms. The molecule has 102 valence electrons. The van der Waals surface area contributed by atoms with Gasteiger partial charge < -0.3 is 10.1 Å². The van der Waals surface area contributed by atoms with Crippen molar-refractivity contribution in [1.29, 1.82) is 5.26 Å². The monoisotopic (exact) mass is 286 g/mol. The van der Waals surface area contributed by atoms with E-state index in [4.69, 9.17) is 21.6 Å². The number of rotatable bonds is 5. The Balaban J connectivity index is 1.96. The average molecular weight is 287 g/mol. The second-order valence-electron chi connectivity index (χ2n) is 4.38. The molecule has 20 heavy (non-hydrogen) atoms. The number of hydrogen-bond acceptors (Lipinski definition) is 3. The molecule has 0 unspecified atom stereocenters. The minimum atomic E-state index is 0.551. The van der Waals surface area contributed by atoms with Crippen molar-refractivity contribution in [2.75, 3.05) is 7.11 Å². The maximum absolute atomic E-state index is 9.04. The first kappa shape index (κ1) is 14.4. The summed E-state index contributed by atoms with van der Waals surface area (Å²) in [5, 5.41) is 13.1. The van der Waals surface area contributed by atoms with Crippen molar-refractivity contribution >= 4 is 11.6 Å². The zero-order chi connectivity index (χ0) is 14.4. The third kappa shape index (κ3) is 3.74. The zero-order valence-corrected chi connectivity index (χ0v) is 11.9. The Bertz CT molecular complexity index is 635. The van der Waals surface area contributed by atoms with Gasteiger partial charge in [0.25, 0.3) is 0 Å². The topological polar surface area (TPSA) is 45.0 Å². The zero-order valence-electron chi connectivity index (χ0n) is 11.2. The van der Waals surface area contributed by atoms with Gasteiger partial charge in [0.15, 0.2) is 0 Å². The van der Waals surface area contributed by atoms with Gasteiger partial charge in [-0.25, -0.2) is 0 Å². The van der Waals surface area contributed by atoms with Gasteiger partial charge in [-0.05, 0) is 35.4 Å². The van der Waals surface area contributed by atoms with Crippen molar-refractivity contribution in [2.24, 2.45) is 0 Å². The van der Waals surface area contributed by atoms with E-state index < -0.39 is 0 Å². The highest BCUT2D eigenvalue weighted by atomic mass is 35.5. The lowest BCUT2D eigenvalue weighted by atomic mass is 10.1. The first-order valence-electron chi connectivity index (χ1n) is 6.25. The lowest BCUT2D eigenvalue weighted by Crippen LogP contribution is -2.12. The van der Waals surface area contributed by atoms with Crippen LogP contribution in [0.15, 0.2) is 42.5 Å². The molecule has 0 heterocycles. The quantitative estimate of drug-likeness (QED) is 0.915. The van der Waals surface area contributed by atoms with E-state index in [9.17, 15) is 0 Å². The summed E-state index contributed by atoms with van der Waals surface area (Å²) in [5.41, 5.74) is 2.73. The lowest BCUT2D eigenvalue weighted by Gasteiger charge is -2.08. The van der Waals surface area contributed by atoms with Gasteiger partial charge in [0.1, 0.15) is 11.8 Å². The summed E-state index contributed by atoms with van der Waals surface area (Å²) in [7, 11) is 1.56. The number of hydrogen-bond donors (Lipinski definition) is 1. The molecule has 0 aromatic heterocycles. The third-order valence-corrected chi connectivity index (χ3v) is 3.17. The molecule has 2 aromatic rings. The van der Waals surface area contributed by atoms with Gasteiger partial charge in [0, 0.05) is 18.1 Å². The van der Waals surface area contributed by atoms with Crippen LogP contribution < -0.4 is 10.1 Å². The van der Waals surface area contributed by atoms with Gasteiger partial charge in [0.05, 0.1) is 12.7 Å².